The van der Waals surface area contributed by atoms with Gasteiger partial charge in [-0.2, -0.15) is 0 Å². The summed E-state index contributed by atoms with van der Waals surface area (Å²) in [6.45, 7) is 4.28. The van der Waals surface area contributed by atoms with Gasteiger partial charge in [0.1, 0.15) is 11.5 Å². The standard InChI is InChI=1S/C19H23NO4/c1-12-6-8-14(9-7-12)18-20-17(13(2)24-18)11-23-16-5-3-4-15(10-16)19(21)22/h6-9,15-16H,3-5,10-11H2,1-2H3,(H,21,22)/t15-,16+/m1/s1. The molecule has 1 heterocycles. The lowest BCUT2D eigenvalue weighted by Gasteiger charge is -2.26. The number of carbonyl (C=O) groups is 1. The summed E-state index contributed by atoms with van der Waals surface area (Å²) < 4.78 is 11.7. The lowest BCUT2D eigenvalue weighted by molar-refractivity contribution is -0.145. The van der Waals surface area contributed by atoms with E-state index >= 15 is 0 Å². The van der Waals surface area contributed by atoms with Crippen LogP contribution in [0.15, 0.2) is 28.7 Å². The van der Waals surface area contributed by atoms with Gasteiger partial charge in [0.15, 0.2) is 0 Å². The van der Waals surface area contributed by atoms with E-state index in [1.54, 1.807) is 0 Å². The van der Waals surface area contributed by atoms with Crippen LogP contribution in [0.2, 0.25) is 0 Å². The van der Waals surface area contributed by atoms with Crippen molar-refractivity contribution in [1.82, 2.24) is 4.98 Å². The van der Waals surface area contributed by atoms with Crippen LogP contribution in [0.3, 0.4) is 0 Å². The van der Waals surface area contributed by atoms with Crippen LogP contribution < -0.4 is 0 Å². The highest BCUT2D eigenvalue weighted by molar-refractivity contribution is 5.70. The zero-order valence-corrected chi connectivity index (χ0v) is 14.1. The average Bonchev–Trinajstić information content (AvgIpc) is 2.95. The van der Waals surface area contributed by atoms with Crippen molar-refractivity contribution in [3.8, 4) is 11.5 Å². The number of benzene rings is 1. The van der Waals surface area contributed by atoms with Crippen molar-refractivity contribution in [3.63, 3.8) is 0 Å². The van der Waals surface area contributed by atoms with E-state index < -0.39 is 5.97 Å². The molecule has 0 unspecified atom stereocenters. The molecule has 1 saturated carbocycles. The maximum absolute atomic E-state index is 11.1. The van der Waals surface area contributed by atoms with E-state index in [2.05, 4.69) is 4.98 Å². The van der Waals surface area contributed by atoms with Crippen LogP contribution in [-0.4, -0.2) is 22.2 Å². The molecular formula is C19H23NO4. The molecule has 1 aromatic heterocycles. The number of rotatable bonds is 5. The SMILES string of the molecule is Cc1ccc(-c2nc(CO[C@H]3CCC[C@@H](C(=O)O)C3)c(C)o2)cc1. The Bertz CT molecular complexity index is 705. The number of carboxylic acid groups (broad SMARTS) is 1. The number of hydrogen-bond acceptors (Lipinski definition) is 4. The molecule has 0 radical (unpaired) electrons. The maximum atomic E-state index is 11.1. The predicted molar refractivity (Wildman–Crippen MR) is 89.6 cm³/mol. The first-order valence-corrected chi connectivity index (χ1v) is 8.40. The Morgan fingerprint density at radius 2 is 2.04 bits per heavy atom. The van der Waals surface area contributed by atoms with E-state index in [1.165, 1.54) is 5.56 Å². The Kier molecular flexibility index (Phi) is 5.00. The molecule has 1 aliphatic rings. The van der Waals surface area contributed by atoms with Crippen molar-refractivity contribution in [3.05, 3.63) is 41.3 Å². The lowest BCUT2D eigenvalue weighted by Crippen LogP contribution is -2.27. The molecule has 0 saturated heterocycles. The molecule has 128 valence electrons. The first kappa shape index (κ1) is 16.7. The minimum absolute atomic E-state index is 0.0150. The summed E-state index contributed by atoms with van der Waals surface area (Å²) in [6.07, 6.45) is 3.12. The minimum Gasteiger partial charge on any atom is -0.481 e. The highest BCUT2D eigenvalue weighted by Crippen LogP contribution is 2.28. The highest BCUT2D eigenvalue weighted by Gasteiger charge is 2.27. The second-order valence-corrected chi connectivity index (χ2v) is 6.52. The molecule has 1 fully saturated rings. The topological polar surface area (TPSA) is 72.6 Å². The summed E-state index contributed by atoms with van der Waals surface area (Å²) in [5.41, 5.74) is 2.91. The van der Waals surface area contributed by atoms with Gasteiger partial charge in [-0.3, -0.25) is 4.79 Å². The van der Waals surface area contributed by atoms with Crippen molar-refractivity contribution in [2.24, 2.45) is 5.92 Å². The van der Waals surface area contributed by atoms with Gasteiger partial charge in [0.2, 0.25) is 5.89 Å². The van der Waals surface area contributed by atoms with Gasteiger partial charge in [0.25, 0.3) is 0 Å². The number of hydrogen-bond donors (Lipinski definition) is 1. The van der Waals surface area contributed by atoms with Crippen LogP contribution in [0.5, 0.6) is 0 Å². The molecule has 1 aromatic carbocycles. The van der Waals surface area contributed by atoms with Gasteiger partial charge in [0, 0.05) is 5.56 Å². The summed E-state index contributed by atoms with van der Waals surface area (Å²) in [5, 5.41) is 9.15. The molecular weight excluding hydrogens is 306 g/mol. The molecule has 5 heteroatoms. The quantitative estimate of drug-likeness (QED) is 0.893. The zero-order chi connectivity index (χ0) is 17.1. The van der Waals surface area contributed by atoms with Crippen LogP contribution in [0.4, 0.5) is 0 Å². The summed E-state index contributed by atoms with van der Waals surface area (Å²) in [7, 11) is 0. The average molecular weight is 329 g/mol. The van der Waals surface area contributed by atoms with Crippen LogP contribution >= 0.6 is 0 Å². The molecule has 1 aliphatic carbocycles. The number of aromatic nitrogens is 1. The molecule has 0 amide bonds. The second-order valence-electron chi connectivity index (χ2n) is 6.52. The number of oxazole rings is 1. The van der Waals surface area contributed by atoms with E-state index in [0.29, 0.717) is 18.9 Å². The Balaban J connectivity index is 1.63. The molecule has 0 spiro atoms. The van der Waals surface area contributed by atoms with E-state index in [0.717, 1.165) is 36.3 Å². The number of ether oxygens (including phenoxy) is 1. The van der Waals surface area contributed by atoms with Crippen LogP contribution in [0.1, 0.15) is 42.7 Å². The number of carboxylic acids is 1. The second kappa shape index (κ2) is 7.18. The van der Waals surface area contributed by atoms with Crippen molar-refractivity contribution in [1.29, 1.82) is 0 Å². The fourth-order valence-electron chi connectivity index (χ4n) is 3.10. The van der Waals surface area contributed by atoms with Gasteiger partial charge in [-0.1, -0.05) is 24.1 Å². The highest BCUT2D eigenvalue weighted by atomic mass is 16.5. The van der Waals surface area contributed by atoms with Crippen LogP contribution in [0, 0.1) is 19.8 Å². The smallest absolute Gasteiger partial charge is 0.306 e. The minimum atomic E-state index is -0.720. The van der Waals surface area contributed by atoms with Gasteiger partial charge < -0.3 is 14.3 Å². The van der Waals surface area contributed by atoms with Gasteiger partial charge in [0.05, 0.1) is 18.6 Å². The Morgan fingerprint density at radius 1 is 1.29 bits per heavy atom. The molecule has 2 atom stereocenters. The molecule has 0 aliphatic heterocycles. The maximum Gasteiger partial charge on any atom is 0.306 e. The van der Waals surface area contributed by atoms with Gasteiger partial charge in [-0.25, -0.2) is 4.98 Å². The number of aliphatic carboxylic acids is 1. The zero-order valence-electron chi connectivity index (χ0n) is 14.1. The molecule has 1 N–H and O–H groups in total. The molecule has 5 nitrogen and oxygen atoms in total. The van der Waals surface area contributed by atoms with Crippen molar-refractivity contribution >= 4 is 5.97 Å². The van der Waals surface area contributed by atoms with Gasteiger partial charge in [-0.05, 0) is 45.2 Å². The largest absolute Gasteiger partial charge is 0.481 e. The monoisotopic (exact) mass is 329 g/mol. The molecule has 2 aromatic rings. The lowest BCUT2D eigenvalue weighted by atomic mass is 9.87. The Morgan fingerprint density at radius 3 is 2.75 bits per heavy atom. The Hall–Kier alpha value is -2.14. The molecule has 0 bridgehead atoms. The normalized spacial score (nSPS) is 20.9. The van der Waals surface area contributed by atoms with Gasteiger partial charge >= 0.3 is 5.97 Å². The van der Waals surface area contributed by atoms with Crippen molar-refractivity contribution in [2.45, 2.75) is 52.2 Å². The van der Waals surface area contributed by atoms with E-state index in [1.807, 2.05) is 38.1 Å². The summed E-state index contributed by atoms with van der Waals surface area (Å²) in [6, 6.07) is 8.03. The van der Waals surface area contributed by atoms with Crippen molar-refractivity contribution < 1.29 is 19.1 Å². The van der Waals surface area contributed by atoms with E-state index in [4.69, 9.17) is 14.3 Å². The van der Waals surface area contributed by atoms with Crippen LogP contribution in [-0.2, 0) is 16.1 Å². The van der Waals surface area contributed by atoms with Gasteiger partial charge in [-0.15, -0.1) is 0 Å². The third-order valence-electron chi connectivity index (χ3n) is 4.62. The summed E-state index contributed by atoms with van der Waals surface area (Å²) in [5.74, 6) is 0.335. The van der Waals surface area contributed by atoms with Crippen molar-refractivity contribution in [2.75, 3.05) is 0 Å². The van der Waals surface area contributed by atoms with Crippen LogP contribution in [0.25, 0.3) is 11.5 Å². The van der Waals surface area contributed by atoms with E-state index in [9.17, 15) is 4.79 Å². The fourth-order valence-corrected chi connectivity index (χ4v) is 3.10. The predicted octanol–water partition coefficient (Wildman–Crippen LogP) is 4.12. The fraction of sp³-hybridized carbons (Fsp3) is 0.474. The van der Waals surface area contributed by atoms with E-state index in [-0.39, 0.29) is 12.0 Å². The summed E-state index contributed by atoms with van der Waals surface area (Å²) in [4.78, 5) is 15.7. The number of nitrogens with zero attached hydrogens (tertiary/aromatic N) is 1. The molecule has 24 heavy (non-hydrogen) atoms. The summed E-state index contributed by atoms with van der Waals surface area (Å²) >= 11 is 0. The third kappa shape index (κ3) is 3.85. The third-order valence-corrected chi connectivity index (χ3v) is 4.62. The Labute approximate surface area is 141 Å². The first-order valence-electron chi connectivity index (χ1n) is 8.40. The molecule has 3 rings (SSSR count). The first-order chi connectivity index (χ1) is 11.5. The number of aryl methyl sites for hydroxylation is 2.